The Morgan fingerprint density at radius 1 is 0.600 bits per heavy atom. The van der Waals surface area contributed by atoms with Crippen molar-refractivity contribution < 1.29 is 17.5 Å². The minimum absolute atomic E-state index is 0.178. The first-order chi connectivity index (χ1) is 16.6. The monoisotopic (exact) mass is 511 g/mol. The molecule has 0 aliphatic rings. The number of quaternary nitrogens is 1. The van der Waals surface area contributed by atoms with Crippen molar-refractivity contribution in [2.24, 2.45) is 0 Å². The lowest BCUT2D eigenvalue weighted by Gasteiger charge is -2.23. The Morgan fingerprint density at radius 2 is 0.914 bits per heavy atom. The third-order valence-corrected chi connectivity index (χ3v) is 7.34. The molecule has 0 radical (unpaired) electrons. The molecule has 0 amide bonds. The molecule has 0 heterocycles. The summed E-state index contributed by atoms with van der Waals surface area (Å²) >= 11 is 0. The van der Waals surface area contributed by atoms with Gasteiger partial charge in [-0.3, -0.25) is 0 Å². The zero-order chi connectivity index (χ0) is 26.4. The van der Waals surface area contributed by atoms with E-state index in [1.54, 1.807) is 12.1 Å². The summed E-state index contributed by atoms with van der Waals surface area (Å²) in [5.41, 5.74) is 0.928. The quantitative estimate of drug-likeness (QED) is 0.0999. The van der Waals surface area contributed by atoms with E-state index in [1.165, 1.54) is 134 Å². The average Bonchev–Trinajstić information content (AvgIpc) is 2.77. The Labute approximate surface area is 219 Å². The van der Waals surface area contributed by atoms with Gasteiger partial charge in [-0.2, -0.15) is 0 Å². The molecule has 1 aromatic rings. The van der Waals surface area contributed by atoms with Crippen LogP contribution < -0.4 is 0 Å². The lowest BCUT2D eigenvalue weighted by Crippen LogP contribution is -2.35. The van der Waals surface area contributed by atoms with Gasteiger partial charge in [0.15, 0.2) is 0 Å². The fraction of sp³-hybridized carbons (Fsp3) is 0.800. The minimum Gasteiger partial charge on any atom is -0.744 e. The molecule has 0 fully saturated rings. The molecule has 4 nitrogen and oxygen atoms in total. The zero-order valence-electron chi connectivity index (χ0n) is 23.8. The molecule has 0 aliphatic carbocycles. The van der Waals surface area contributed by atoms with Gasteiger partial charge in [0, 0.05) is 0 Å². The molecule has 0 unspecified atom stereocenters. The fourth-order valence-corrected chi connectivity index (χ4v) is 4.66. The standard InChI is InChI=1S/C23H50N.C7H8O3S/c1-5-6-7-8-9-10-11-12-13-14-15-16-17-18-19-20-21-22-23-24(2,3)4;1-6-2-4-7(5-3-6)11(8,9)10/h5-23H2,1-4H3;2-5H,1H3,(H,8,9,10)/q+1;/p-1. The van der Waals surface area contributed by atoms with Crippen molar-refractivity contribution in [1.82, 2.24) is 0 Å². The van der Waals surface area contributed by atoms with Crippen molar-refractivity contribution >= 4 is 10.1 Å². The molecule has 0 bridgehead atoms. The Bertz CT molecular complexity index is 693. The van der Waals surface area contributed by atoms with Gasteiger partial charge in [-0.1, -0.05) is 127 Å². The lowest BCUT2D eigenvalue weighted by atomic mass is 10.0. The molecule has 0 aliphatic heterocycles. The van der Waals surface area contributed by atoms with Crippen LogP contribution in [-0.2, 0) is 10.1 Å². The van der Waals surface area contributed by atoms with E-state index in [0.717, 1.165) is 10.0 Å². The maximum Gasteiger partial charge on any atom is 0.124 e. The van der Waals surface area contributed by atoms with E-state index < -0.39 is 10.1 Å². The Hall–Kier alpha value is -0.910. The Balaban J connectivity index is 0.000000867. The first kappa shape index (κ1) is 34.1. The van der Waals surface area contributed by atoms with Gasteiger partial charge in [-0.05, 0) is 31.9 Å². The second kappa shape index (κ2) is 21.2. The van der Waals surface area contributed by atoms with Gasteiger partial charge >= 0.3 is 0 Å². The predicted molar refractivity (Wildman–Crippen MR) is 151 cm³/mol. The topological polar surface area (TPSA) is 57.2 Å². The summed E-state index contributed by atoms with van der Waals surface area (Å²) in [6.07, 6.45) is 26.3. The summed E-state index contributed by atoms with van der Waals surface area (Å²) < 4.78 is 32.3. The maximum atomic E-state index is 10.4. The van der Waals surface area contributed by atoms with Crippen LogP contribution in [0.15, 0.2) is 29.2 Å². The highest BCUT2D eigenvalue weighted by Gasteiger charge is 2.05. The van der Waals surface area contributed by atoms with Crippen LogP contribution in [0.1, 0.15) is 128 Å². The van der Waals surface area contributed by atoms with Crippen molar-refractivity contribution in [3.05, 3.63) is 29.8 Å². The van der Waals surface area contributed by atoms with Crippen LogP contribution in [0.4, 0.5) is 0 Å². The number of hydrogen-bond acceptors (Lipinski definition) is 3. The van der Waals surface area contributed by atoms with Crippen LogP contribution in [0.5, 0.6) is 0 Å². The van der Waals surface area contributed by atoms with Gasteiger partial charge in [0.2, 0.25) is 0 Å². The zero-order valence-corrected chi connectivity index (χ0v) is 24.6. The fourth-order valence-electron chi connectivity index (χ4n) is 4.19. The highest BCUT2D eigenvalue weighted by Crippen LogP contribution is 2.14. The van der Waals surface area contributed by atoms with E-state index >= 15 is 0 Å². The number of aryl methyl sites for hydroxylation is 1. The maximum absolute atomic E-state index is 10.4. The molecule has 1 aromatic carbocycles. The first-order valence-electron chi connectivity index (χ1n) is 14.4. The summed E-state index contributed by atoms with van der Waals surface area (Å²) in [6, 6.07) is 5.78. The van der Waals surface area contributed by atoms with Crippen molar-refractivity contribution in [2.45, 2.75) is 134 Å². The third-order valence-electron chi connectivity index (χ3n) is 6.49. The van der Waals surface area contributed by atoms with Crippen LogP contribution in [0.2, 0.25) is 0 Å². The summed E-state index contributed by atoms with van der Waals surface area (Å²) in [6.45, 7) is 5.45. The Kier molecular flexibility index (Phi) is 20.7. The Morgan fingerprint density at radius 3 is 1.20 bits per heavy atom. The number of benzene rings is 1. The number of hydrogen-bond donors (Lipinski definition) is 0. The minimum atomic E-state index is -4.27. The molecule has 0 saturated heterocycles. The van der Waals surface area contributed by atoms with Gasteiger partial charge < -0.3 is 9.04 Å². The van der Waals surface area contributed by atoms with Crippen LogP contribution in [0, 0.1) is 6.92 Å². The first-order valence-corrected chi connectivity index (χ1v) is 15.8. The normalized spacial score (nSPS) is 11.8. The van der Waals surface area contributed by atoms with Gasteiger partial charge in [0.05, 0.1) is 32.6 Å². The molecule has 206 valence electrons. The smallest absolute Gasteiger partial charge is 0.124 e. The average molecular weight is 512 g/mol. The van der Waals surface area contributed by atoms with Crippen LogP contribution in [0.3, 0.4) is 0 Å². The largest absolute Gasteiger partial charge is 0.744 e. The van der Waals surface area contributed by atoms with Gasteiger partial charge in [0.25, 0.3) is 0 Å². The molecule has 0 saturated carbocycles. The second-order valence-electron chi connectivity index (χ2n) is 11.3. The molecule has 0 spiro atoms. The van der Waals surface area contributed by atoms with E-state index in [-0.39, 0.29) is 4.90 Å². The molecular weight excluding hydrogens is 454 g/mol. The van der Waals surface area contributed by atoms with Crippen LogP contribution in [-0.4, -0.2) is 45.1 Å². The summed E-state index contributed by atoms with van der Waals surface area (Å²) in [7, 11) is 2.63. The lowest BCUT2D eigenvalue weighted by molar-refractivity contribution is -0.870. The van der Waals surface area contributed by atoms with Crippen LogP contribution in [0.25, 0.3) is 0 Å². The van der Waals surface area contributed by atoms with E-state index in [1.807, 2.05) is 6.92 Å². The molecule has 5 heteroatoms. The third kappa shape index (κ3) is 24.6. The summed E-state index contributed by atoms with van der Waals surface area (Å²) in [5, 5.41) is 0. The van der Waals surface area contributed by atoms with Gasteiger partial charge in [0.1, 0.15) is 10.1 Å². The van der Waals surface area contributed by atoms with Crippen molar-refractivity contribution in [1.29, 1.82) is 0 Å². The second-order valence-corrected chi connectivity index (χ2v) is 12.7. The van der Waals surface area contributed by atoms with Crippen LogP contribution >= 0.6 is 0 Å². The van der Waals surface area contributed by atoms with Crippen molar-refractivity contribution in [3.63, 3.8) is 0 Å². The number of rotatable bonds is 20. The summed E-state index contributed by atoms with van der Waals surface area (Å²) in [4.78, 5) is -0.178. The number of unbranched alkanes of at least 4 members (excludes halogenated alkanes) is 17. The van der Waals surface area contributed by atoms with E-state index in [0.29, 0.717) is 0 Å². The van der Waals surface area contributed by atoms with E-state index in [9.17, 15) is 13.0 Å². The highest BCUT2D eigenvalue weighted by atomic mass is 32.2. The molecule has 0 atom stereocenters. The van der Waals surface area contributed by atoms with E-state index in [4.69, 9.17) is 0 Å². The SMILES string of the molecule is CCCCCCCCCCCCCCCCCCCC[N+](C)(C)C.Cc1ccc(S(=O)(=O)[O-])cc1. The molecule has 0 aromatic heterocycles. The van der Waals surface area contributed by atoms with Crippen molar-refractivity contribution in [2.75, 3.05) is 27.7 Å². The molecule has 35 heavy (non-hydrogen) atoms. The molecule has 0 N–H and O–H groups in total. The molecule has 1 rings (SSSR count). The highest BCUT2D eigenvalue weighted by molar-refractivity contribution is 7.85. The summed E-state index contributed by atoms with van der Waals surface area (Å²) in [5.74, 6) is 0. The predicted octanol–water partition coefficient (Wildman–Crippen LogP) is 8.63. The van der Waals surface area contributed by atoms with Gasteiger partial charge in [-0.25, -0.2) is 8.42 Å². The molecular formula is C30H57NO3S. The van der Waals surface area contributed by atoms with Crippen molar-refractivity contribution in [3.8, 4) is 0 Å². The van der Waals surface area contributed by atoms with Gasteiger partial charge in [-0.15, -0.1) is 0 Å². The number of nitrogens with zero attached hydrogens (tertiary/aromatic N) is 1. The van der Waals surface area contributed by atoms with E-state index in [2.05, 4.69) is 28.1 Å².